The number of aromatic nitrogens is 1. The van der Waals surface area contributed by atoms with Gasteiger partial charge in [-0.15, -0.1) is 0 Å². The largest absolute Gasteiger partial charge is 0.361 e. The van der Waals surface area contributed by atoms with Gasteiger partial charge in [0.05, 0.1) is 0 Å². The molecule has 17 heavy (non-hydrogen) atoms. The van der Waals surface area contributed by atoms with E-state index in [1.54, 1.807) is 0 Å². The molecule has 1 fully saturated rings. The first kappa shape index (κ1) is 11.3. The van der Waals surface area contributed by atoms with Gasteiger partial charge >= 0.3 is 0 Å². The fourth-order valence-electron chi connectivity index (χ4n) is 3.02. The molecule has 90 valence electrons. The number of nitrogens with one attached hydrogen (secondary N) is 1. The Bertz CT molecular complexity index is 509. The van der Waals surface area contributed by atoms with Crippen LogP contribution in [0.25, 0.3) is 10.9 Å². The van der Waals surface area contributed by atoms with Crippen LogP contribution < -0.4 is 0 Å². The SMILES string of the molecule is Brc1ccc2[nH]cc(CC3CCCCC3)c2c1. The average Bonchev–Trinajstić information content (AvgIpc) is 2.73. The number of hydrogen-bond donors (Lipinski definition) is 1. The van der Waals surface area contributed by atoms with Crippen LogP contribution in [0.3, 0.4) is 0 Å². The van der Waals surface area contributed by atoms with Gasteiger partial charge in [-0.1, -0.05) is 48.0 Å². The van der Waals surface area contributed by atoms with Gasteiger partial charge in [-0.3, -0.25) is 0 Å². The molecule has 0 radical (unpaired) electrons. The van der Waals surface area contributed by atoms with Gasteiger partial charge in [0.1, 0.15) is 0 Å². The second kappa shape index (κ2) is 4.85. The number of benzene rings is 1. The molecule has 1 nitrogen and oxygen atoms in total. The van der Waals surface area contributed by atoms with Crippen LogP contribution in [0.2, 0.25) is 0 Å². The van der Waals surface area contributed by atoms with E-state index in [4.69, 9.17) is 0 Å². The third-order valence-electron chi connectivity index (χ3n) is 3.96. The molecule has 1 heterocycles. The molecule has 1 aliphatic carbocycles. The second-order valence-electron chi connectivity index (χ2n) is 5.21. The molecule has 0 amide bonds. The van der Waals surface area contributed by atoms with E-state index in [-0.39, 0.29) is 0 Å². The molecule has 3 rings (SSSR count). The topological polar surface area (TPSA) is 15.8 Å². The first-order chi connectivity index (χ1) is 8.33. The van der Waals surface area contributed by atoms with Crippen LogP contribution in [0.1, 0.15) is 37.7 Å². The van der Waals surface area contributed by atoms with E-state index in [1.165, 1.54) is 59.5 Å². The van der Waals surface area contributed by atoms with E-state index in [9.17, 15) is 0 Å². The predicted molar refractivity (Wildman–Crippen MR) is 76.3 cm³/mol. The zero-order valence-electron chi connectivity index (χ0n) is 10.0. The minimum atomic E-state index is 0.904. The molecule has 0 aliphatic heterocycles. The number of H-pyrrole nitrogens is 1. The highest BCUT2D eigenvalue weighted by Crippen LogP contribution is 2.30. The Morgan fingerprint density at radius 2 is 2.00 bits per heavy atom. The van der Waals surface area contributed by atoms with Gasteiger partial charge in [0.2, 0.25) is 0 Å². The van der Waals surface area contributed by atoms with Crippen molar-refractivity contribution < 1.29 is 0 Å². The minimum Gasteiger partial charge on any atom is -0.361 e. The summed E-state index contributed by atoms with van der Waals surface area (Å²) in [5, 5.41) is 1.39. The lowest BCUT2D eigenvalue weighted by Gasteiger charge is -2.21. The fraction of sp³-hybridized carbons (Fsp3) is 0.467. The fourth-order valence-corrected chi connectivity index (χ4v) is 3.38. The van der Waals surface area contributed by atoms with Crippen molar-refractivity contribution in [3.8, 4) is 0 Å². The molecule has 2 heteroatoms. The zero-order chi connectivity index (χ0) is 11.7. The van der Waals surface area contributed by atoms with Crippen LogP contribution in [0.15, 0.2) is 28.9 Å². The van der Waals surface area contributed by atoms with E-state index < -0.39 is 0 Å². The summed E-state index contributed by atoms with van der Waals surface area (Å²) in [6.07, 6.45) is 10.6. The lowest BCUT2D eigenvalue weighted by molar-refractivity contribution is 0.357. The molecule has 1 saturated carbocycles. The third kappa shape index (κ3) is 2.42. The summed E-state index contributed by atoms with van der Waals surface area (Å²) in [6.45, 7) is 0. The minimum absolute atomic E-state index is 0.904. The summed E-state index contributed by atoms with van der Waals surface area (Å²) >= 11 is 3.56. The highest BCUT2D eigenvalue weighted by atomic mass is 79.9. The molecule has 1 aliphatic rings. The molecule has 0 spiro atoms. The lowest BCUT2D eigenvalue weighted by Crippen LogP contribution is -2.08. The maximum atomic E-state index is 3.56. The van der Waals surface area contributed by atoms with Crippen LogP contribution in [0.5, 0.6) is 0 Å². The number of fused-ring (bicyclic) bond motifs is 1. The molecule has 1 aromatic heterocycles. The first-order valence-electron chi connectivity index (χ1n) is 6.58. The lowest BCUT2D eigenvalue weighted by atomic mass is 9.85. The van der Waals surface area contributed by atoms with Crippen molar-refractivity contribution in [3.05, 3.63) is 34.4 Å². The molecule has 0 atom stereocenters. The summed E-state index contributed by atoms with van der Waals surface area (Å²) in [4.78, 5) is 3.38. The summed E-state index contributed by atoms with van der Waals surface area (Å²) in [5.74, 6) is 0.904. The Morgan fingerprint density at radius 1 is 1.18 bits per heavy atom. The monoisotopic (exact) mass is 291 g/mol. The Labute approximate surface area is 111 Å². The number of aromatic amines is 1. The maximum Gasteiger partial charge on any atom is 0.0457 e. The molecular weight excluding hydrogens is 274 g/mol. The van der Waals surface area contributed by atoms with Gasteiger partial charge in [-0.25, -0.2) is 0 Å². The van der Waals surface area contributed by atoms with E-state index >= 15 is 0 Å². The molecule has 0 saturated heterocycles. The number of halogens is 1. The molecular formula is C15H18BrN. The van der Waals surface area contributed by atoms with E-state index in [1.807, 2.05) is 0 Å². The van der Waals surface area contributed by atoms with Crippen LogP contribution in [0.4, 0.5) is 0 Å². The summed E-state index contributed by atoms with van der Waals surface area (Å²) in [7, 11) is 0. The van der Waals surface area contributed by atoms with Crippen molar-refractivity contribution in [1.29, 1.82) is 0 Å². The van der Waals surface area contributed by atoms with E-state index in [0.717, 1.165) is 5.92 Å². The summed E-state index contributed by atoms with van der Waals surface area (Å²) < 4.78 is 1.18. The molecule has 0 unspecified atom stereocenters. The van der Waals surface area contributed by atoms with Crippen molar-refractivity contribution in [2.45, 2.75) is 38.5 Å². The second-order valence-corrected chi connectivity index (χ2v) is 6.13. The van der Waals surface area contributed by atoms with Crippen molar-refractivity contribution >= 4 is 26.8 Å². The van der Waals surface area contributed by atoms with Crippen LogP contribution in [-0.2, 0) is 6.42 Å². The quantitative estimate of drug-likeness (QED) is 0.797. The summed E-state index contributed by atoms with van der Waals surface area (Å²) in [6, 6.07) is 6.50. The van der Waals surface area contributed by atoms with E-state index in [0.29, 0.717) is 0 Å². The van der Waals surface area contributed by atoms with Crippen molar-refractivity contribution in [2.24, 2.45) is 5.92 Å². The van der Waals surface area contributed by atoms with E-state index in [2.05, 4.69) is 45.3 Å². The molecule has 1 aromatic carbocycles. The highest BCUT2D eigenvalue weighted by Gasteiger charge is 2.15. The van der Waals surface area contributed by atoms with Gasteiger partial charge in [0.15, 0.2) is 0 Å². The van der Waals surface area contributed by atoms with Crippen molar-refractivity contribution in [2.75, 3.05) is 0 Å². The van der Waals surface area contributed by atoms with Crippen molar-refractivity contribution in [3.63, 3.8) is 0 Å². The predicted octanol–water partition coefficient (Wildman–Crippen LogP) is 5.05. The highest BCUT2D eigenvalue weighted by molar-refractivity contribution is 9.10. The first-order valence-corrected chi connectivity index (χ1v) is 7.38. The van der Waals surface area contributed by atoms with Crippen molar-refractivity contribution in [1.82, 2.24) is 4.98 Å². The molecule has 1 N–H and O–H groups in total. The average molecular weight is 292 g/mol. The smallest absolute Gasteiger partial charge is 0.0457 e. The maximum absolute atomic E-state index is 3.56. The van der Waals surface area contributed by atoms with Gasteiger partial charge in [-0.05, 0) is 36.1 Å². The van der Waals surface area contributed by atoms with Crippen LogP contribution in [0, 0.1) is 5.92 Å². The van der Waals surface area contributed by atoms with Gasteiger partial charge in [0, 0.05) is 21.6 Å². The van der Waals surface area contributed by atoms with Crippen LogP contribution >= 0.6 is 15.9 Å². The Morgan fingerprint density at radius 3 is 2.82 bits per heavy atom. The number of hydrogen-bond acceptors (Lipinski definition) is 0. The van der Waals surface area contributed by atoms with Gasteiger partial charge < -0.3 is 4.98 Å². The van der Waals surface area contributed by atoms with Crippen LogP contribution in [-0.4, -0.2) is 4.98 Å². The molecule has 2 aromatic rings. The standard InChI is InChI=1S/C15H18BrN/c16-13-6-7-15-14(9-13)12(10-17-15)8-11-4-2-1-3-5-11/h6-7,9-11,17H,1-5,8H2. The Kier molecular flexibility index (Phi) is 3.24. The van der Waals surface area contributed by atoms with Gasteiger partial charge in [-0.2, -0.15) is 0 Å². The number of rotatable bonds is 2. The summed E-state index contributed by atoms with van der Waals surface area (Å²) in [5.41, 5.74) is 2.76. The third-order valence-corrected chi connectivity index (χ3v) is 4.46. The Hall–Kier alpha value is -0.760. The molecule has 0 bridgehead atoms. The van der Waals surface area contributed by atoms with Gasteiger partial charge in [0.25, 0.3) is 0 Å². The Balaban J connectivity index is 1.86. The zero-order valence-corrected chi connectivity index (χ0v) is 11.6. The normalized spacial score (nSPS) is 17.7.